The Hall–Kier alpha value is -3.36. The summed E-state index contributed by atoms with van der Waals surface area (Å²) in [6.45, 7) is 6.37. The highest BCUT2D eigenvalue weighted by Gasteiger charge is 2.39. The van der Waals surface area contributed by atoms with Gasteiger partial charge in [0, 0.05) is 19.2 Å². The molecule has 9 nitrogen and oxygen atoms in total. The highest BCUT2D eigenvalue weighted by atomic mass is 16.5. The van der Waals surface area contributed by atoms with Gasteiger partial charge in [-0.25, -0.2) is 4.79 Å². The number of benzene rings is 1. The number of hydrazine groups is 1. The predicted octanol–water partition coefficient (Wildman–Crippen LogP) is 1.12. The van der Waals surface area contributed by atoms with E-state index in [0.717, 1.165) is 17.8 Å². The van der Waals surface area contributed by atoms with Crippen molar-refractivity contribution in [2.45, 2.75) is 39.8 Å². The van der Waals surface area contributed by atoms with Gasteiger partial charge in [0.2, 0.25) is 5.91 Å². The van der Waals surface area contributed by atoms with Crippen LogP contribution in [0.3, 0.4) is 0 Å². The Balaban J connectivity index is 2.61. The molecule has 0 heterocycles. The Morgan fingerprint density at radius 2 is 1.75 bits per heavy atom. The summed E-state index contributed by atoms with van der Waals surface area (Å²) in [7, 11) is 0. The highest BCUT2D eigenvalue weighted by molar-refractivity contribution is 5.93. The zero-order valence-electron chi connectivity index (χ0n) is 16.4. The second kappa shape index (κ2) is 10.7. The molecule has 0 radical (unpaired) electrons. The molecule has 9 heteroatoms. The summed E-state index contributed by atoms with van der Waals surface area (Å²) in [6, 6.07) is 9.12. The fourth-order valence-corrected chi connectivity index (χ4v) is 1.96. The first-order valence-electron chi connectivity index (χ1n) is 8.68. The molecule has 0 aromatic heterocycles. The second-order valence-electron chi connectivity index (χ2n) is 6.52. The summed E-state index contributed by atoms with van der Waals surface area (Å²) < 4.78 is 5.16. The molecule has 0 saturated heterocycles. The zero-order chi connectivity index (χ0) is 21.2. The van der Waals surface area contributed by atoms with E-state index in [1.165, 1.54) is 13.8 Å². The molecule has 0 unspecified atom stereocenters. The standard InChI is InChI=1S/C19H26N4O5/c1-13(2)19(4,17(26)23-22-16(25)10-11-20-14(3)24)21-18(27)28-12-15-8-6-5-7-9-15/h5-11,13H,12H2,1-4H3,(H,20,24)(H,21,27)(H,22,25)(H,23,26)/t19-/m0/s1. The summed E-state index contributed by atoms with van der Waals surface area (Å²) in [5.74, 6) is -1.91. The zero-order valence-corrected chi connectivity index (χ0v) is 16.4. The fraction of sp³-hybridized carbons (Fsp3) is 0.368. The van der Waals surface area contributed by atoms with Gasteiger partial charge in [0.05, 0.1) is 0 Å². The molecule has 4 amide bonds. The minimum Gasteiger partial charge on any atom is -0.445 e. The van der Waals surface area contributed by atoms with E-state index in [2.05, 4.69) is 21.5 Å². The lowest BCUT2D eigenvalue weighted by atomic mass is 9.88. The maximum absolute atomic E-state index is 12.5. The summed E-state index contributed by atoms with van der Waals surface area (Å²) in [4.78, 5) is 47.0. The van der Waals surface area contributed by atoms with Crippen molar-refractivity contribution in [3.63, 3.8) is 0 Å². The Labute approximate surface area is 163 Å². The maximum Gasteiger partial charge on any atom is 0.408 e. The van der Waals surface area contributed by atoms with Crippen molar-refractivity contribution in [3.8, 4) is 0 Å². The SMILES string of the molecule is CC(=O)NC=CC(=O)NNC(=O)[C@@](C)(NC(=O)OCc1ccccc1)C(C)C. The van der Waals surface area contributed by atoms with Crippen LogP contribution in [0.4, 0.5) is 4.79 Å². The van der Waals surface area contributed by atoms with Crippen LogP contribution in [0, 0.1) is 5.92 Å². The minimum atomic E-state index is -1.33. The average Bonchev–Trinajstić information content (AvgIpc) is 2.64. The van der Waals surface area contributed by atoms with Gasteiger partial charge in [0.15, 0.2) is 0 Å². The van der Waals surface area contributed by atoms with Crippen LogP contribution in [-0.4, -0.2) is 29.4 Å². The van der Waals surface area contributed by atoms with Gasteiger partial charge < -0.3 is 15.4 Å². The smallest absolute Gasteiger partial charge is 0.408 e. The molecule has 0 saturated carbocycles. The van der Waals surface area contributed by atoms with Crippen LogP contribution in [-0.2, 0) is 25.7 Å². The molecule has 1 aromatic carbocycles. The van der Waals surface area contributed by atoms with Crippen LogP contribution in [0.5, 0.6) is 0 Å². The van der Waals surface area contributed by atoms with Crippen molar-refractivity contribution in [1.29, 1.82) is 0 Å². The summed E-state index contributed by atoms with van der Waals surface area (Å²) in [6.07, 6.45) is 1.42. The monoisotopic (exact) mass is 390 g/mol. The normalized spacial score (nSPS) is 12.8. The van der Waals surface area contributed by atoms with Crippen molar-refractivity contribution in [2.75, 3.05) is 0 Å². The minimum absolute atomic E-state index is 0.0626. The van der Waals surface area contributed by atoms with Gasteiger partial charge in [-0.15, -0.1) is 0 Å². The average molecular weight is 390 g/mol. The largest absolute Gasteiger partial charge is 0.445 e. The number of ether oxygens (including phenoxy) is 1. The summed E-state index contributed by atoms with van der Waals surface area (Å²) >= 11 is 0. The summed E-state index contributed by atoms with van der Waals surface area (Å²) in [5, 5.41) is 4.84. The predicted molar refractivity (Wildman–Crippen MR) is 102 cm³/mol. The molecular weight excluding hydrogens is 364 g/mol. The van der Waals surface area contributed by atoms with Crippen LogP contribution in [0.2, 0.25) is 0 Å². The van der Waals surface area contributed by atoms with Gasteiger partial charge in [-0.3, -0.25) is 25.2 Å². The number of carbonyl (C=O) groups is 4. The lowest BCUT2D eigenvalue weighted by Crippen LogP contribution is -2.62. The Morgan fingerprint density at radius 3 is 2.32 bits per heavy atom. The number of hydrogen-bond acceptors (Lipinski definition) is 5. The van der Waals surface area contributed by atoms with Gasteiger partial charge in [-0.05, 0) is 18.4 Å². The molecule has 0 aliphatic rings. The van der Waals surface area contributed by atoms with Crippen molar-refractivity contribution < 1.29 is 23.9 Å². The van der Waals surface area contributed by atoms with E-state index in [4.69, 9.17) is 4.74 Å². The quantitative estimate of drug-likeness (QED) is 0.410. The third-order valence-corrected chi connectivity index (χ3v) is 4.02. The first kappa shape index (κ1) is 22.7. The van der Waals surface area contributed by atoms with Crippen molar-refractivity contribution >= 4 is 23.8 Å². The first-order valence-corrected chi connectivity index (χ1v) is 8.68. The molecule has 0 aliphatic carbocycles. The van der Waals surface area contributed by atoms with E-state index in [1.807, 2.05) is 30.3 Å². The topological polar surface area (TPSA) is 126 Å². The van der Waals surface area contributed by atoms with Gasteiger partial charge in [-0.2, -0.15) is 0 Å². The Bertz CT molecular complexity index is 733. The number of carbonyl (C=O) groups excluding carboxylic acids is 4. The fourth-order valence-electron chi connectivity index (χ4n) is 1.96. The van der Waals surface area contributed by atoms with Gasteiger partial charge >= 0.3 is 6.09 Å². The Kier molecular flexibility index (Phi) is 8.67. The van der Waals surface area contributed by atoms with Crippen LogP contribution in [0.25, 0.3) is 0 Å². The first-order chi connectivity index (χ1) is 13.1. The van der Waals surface area contributed by atoms with Crippen LogP contribution in [0.1, 0.15) is 33.3 Å². The molecule has 1 aromatic rings. The van der Waals surface area contributed by atoms with E-state index in [9.17, 15) is 19.2 Å². The molecule has 0 fully saturated rings. The number of alkyl carbamates (subject to hydrolysis) is 1. The summed E-state index contributed by atoms with van der Waals surface area (Å²) in [5.41, 5.74) is 3.91. The third-order valence-electron chi connectivity index (χ3n) is 4.02. The molecule has 0 aliphatic heterocycles. The third kappa shape index (κ3) is 7.48. The number of amides is 4. The van der Waals surface area contributed by atoms with Crippen molar-refractivity contribution in [3.05, 3.63) is 48.2 Å². The molecule has 152 valence electrons. The number of hydrogen-bond donors (Lipinski definition) is 4. The van der Waals surface area contributed by atoms with Crippen LogP contribution in [0.15, 0.2) is 42.6 Å². The van der Waals surface area contributed by atoms with Gasteiger partial charge in [-0.1, -0.05) is 44.2 Å². The molecule has 28 heavy (non-hydrogen) atoms. The van der Waals surface area contributed by atoms with Crippen LogP contribution >= 0.6 is 0 Å². The highest BCUT2D eigenvalue weighted by Crippen LogP contribution is 2.17. The van der Waals surface area contributed by atoms with E-state index >= 15 is 0 Å². The molecule has 1 atom stereocenters. The van der Waals surface area contributed by atoms with E-state index < -0.39 is 23.4 Å². The van der Waals surface area contributed by atoms with E-state index in [-0.39, 0.29) is 18.4 Å². The molecule has 4 N–H and O–H groups in total. The second-order valence-corrected chi connectivity index (χ2v) is 6.52. The Morgan fingerprint density at radius 1 is 1.11 bits per heavy atom. The van der Waals surface area contributed by atoms with E-state index in [0.29, 0.717) is 0 Å². The number of nitrogens with one attached hydrogen (secondary N) is 4. The maximum atomic E-state index is 12.5. The lowest BCUT2D eigenvalue weighted by Gasteiger charge is -2.32. The van der Waals surface area contributed by atoms with Crippen molar-refractivity contribution in [2.24, 2.45) is 5.92 Å². The number of rotatable bonds is 7. The van der Waals surface area contributed by atoms with E-state index in [1.54, 1.807) is 13.8 Å². The van der Waals surface area contributed by atoms with Crippen molar-refractivity contribution in [1.82, 2.24) is 21.5 Å². The van der Waals surface area contributed by atoms with Gasteiger partial charge in [0.1, 0.15) is 12.1 Å². The van der Waals surface area contributed by atoms with Crippen LogP contribution < -0.4 is 21.5 Å². The molecular formula is C19H26N4O5. The lowest BCUT2D eigenvalue weighted by molar-refractivity contribution is -0.132. The molecule has 0 bridgehead atoms. The van der Waals surface area contributed by atoms with Gasteiger partial charge in [0.25, 0.3) is 11.8 Å². The molecule has 1 rings (SSSR count). The molecule has 0 spiro atoms.